The summed E-state index contributed by atoms with van der Waals surface area (Å²) in [6.07, 6.45) is 0.538. The van der Waals surface area contributed by atoms with Gasteiger partial charge in [-0.2, -0.15) is 4.31 Å². The van der Waals surface area contributed by atoms with Gasteiger partial charge in [-0.1, -0.05) is 6.92 Å². The maximum Gasteiger partial charge on any atom is 0.293 e. The molecule has 1 aliphatic rings. The van der Waals surface area contributed by atoms with E-state index < -0.39 is 26.2 Å². The summed E-state index contributed by atoms with van der Waals surface area (Å²) in [6, 6.07) is 3.75. The second-order valence-corrected chi connectivity index (χ2v) is 7.40. The third kappa shape index (κ3) is 3.17. The molecule has 23 heavy (non-hydrogen) atoms. The molecule has 0 N–H and O–H groups in total. The van der Waals surface area contributed by atoms with Crippen molar-refractivity contribution >= 4 is 15.7 Å². The minimum absolute atomic E-state index is 0.163. The van der Waals surface area contributed by atoms with Crippen LogP contribution in [0.5, 0.6) is 5.75 Å². The summed E-state index contributed by atoms with van der Waals surface area (Å²) in [6.45, 7) is 4.32. The van der Waals surface area contributed by atoms with E-state index in [0.717, 1.165) is 6.07 Å². The second kappa shape index (κ2) is 6.42. The van der Waals surface area contributed by atoms with E-state index in [1.54, 1.807) is 6.92 Å². The summed E-state index contributed by atoms with van der Waals surface area (Å²) in [5.74, 6) is 0.232. The molecule has 1 fully saturated rings. The van der Waals surface area contributed by atoms with E-state index in [1.165, 1.54) is 23.5 Å². The Kier molecular flexibility index (Phi) is 4.92. The van der Waals surface area contributed by atoms with Crippen molar-refractivity contribution < 1.29 is 22.8 Å². The first-order valence-electron chi connectivity index (χ1n) is 7.19. The number of ether oxygens (including phenoxy) is 2. The van der Waals surface area contributed by atoms with Crippen molar-refractivity contribution in [1.82, 2.24) is 4.31 Å². The highest BCUT2D eigenvalue weighted by atomic mass is 32.2. The van der Waals surface area contributed by atoms with E-state index in [4.69, 9.17) is 9.47 Å². The van der Waals surface area contributed by atoms with Gasteiger partial charge in [0.2, 0.25) is 0 Å². The number of nitro groups is 1. The minimum Gasteiger partial charge on any atom is -0.497 e. The van der Waals surface area contributed by atoms with Crippen LogP contribution in [0.4, 0.5) is 5.69 Å². The quantitative estimate of drug-likeness (QED) is 0.596. The third-order valence-electron chi connectivity index (χ3n) is 4.15. The number of nitro benzene ring substituents is 1. The van der Waals surface area contributed by atoms with Gasteiger partial charge in [0.25, 0.3) is 15.7 Å². The fourth-order valence-corrected chi connectivity index (χ4v) is 4.53. The Balaban J connectivity index is 2.57. The van der Waals surface area contributed by atoms with Gasteiger partial charge in [0.1, 0.15) is 5.75 Å². The Morgan fingerprint density at radius 3 is 2.74 bits per heavy atom. The van der Waals surface area contributed by atoms with Crippen molar-refractivity contribution in [2.45, 2.75) is 30.7 Å². The van der Waals surface area contributed by atoms with Crippen molar-refractivity contribution in [3.63, 3.8) is 0 Å². The van der Waals surface area contributed by atoms with Gasteiger partial charge in [-0.05, 0) is 25.5 Å². The molecule has 1 aromatic carbocycles. The van der Waals surface area contributed by atoms with Gasteiger partial charge in [0.05, 0.1) is 36.9 Å². The molecule has 8 nitrogen and oxygen atoms in total. The van der Waals surface area contributed by atoms with Crippen LogP contribution in [0.2, 0.25) is 0 Å². The molecule has 128 valence electrons. The maximum absolute atomic E-state index is 13.0. The van der Waals surface area contributed by atoms with Crippen molar-refractivity contribution in [3.05, 3.63) is 28.3 Å². The summed E-state index contributed by atoms with van der Waals surface area (Å²) in [5.41, 5.74) is -1.22. The lowest BCUT2D eigenvalue weighted by atomic mass is 9.99. The molecular formula is C14H20N2O6S. The summed E-state index contributed by atoms with van der Waals surface area (Å²) in [5, 5.41) is 11.3. The molecule has 0 amide bonds. The standard InChI is InChI=1S/C14H20N2O6S/c1-4-14(2)10-22-8-7-15(14)23(19,20)13-6-5-11(21-3)9-12(13)16(17)18/h5-6,9H,4,7-8,10H2,1-3H3. The van der Waals surface area contributed by atoms with Crippen LogP contribution >= 0.6 is 0 Å². The minimum atomic E-state index is -4.03. The third-order valence-corrected chi connectivity index (χ3v) is 6.25. The smallest absolute Gasteiger partial charge is 0.293 e. The first-order valence-corrected chi connectivity index (χ1v) is 8.63. The lowest BCUT2D eigenvalue weighted by Crippen LogP contribution is -2.56. The number of nitrogens with zero attached hydrogens (tertiary/aromatic N) is 2. The van der Waals surface area contributed by atoms with Crippen LogP contribution in [0.1, 0.15) is 20.3 Å². The van der Waals surface area contributed by atoms with Crippen LogP contribution in [0.3, 0.4) is 0 Å². The first kappa shape index (κ1) is 17.6. The predicted molar refractivity (Wildman–Crippen MR) is 83.1 cm³/mol. The first-order chi connectivity index (χ1) is 10.8. The van der Waals surface area contributed by atoms with Crippen molar-refractivity contribution in [1.29, 1.82) is 0 Å². The van der Waals surface area contributed by atoms with E-state index in [1.807, 2.05) is 6.92 Å². The SMILES string of the molecule is CCC1(C)COCCN1S(=O)(=O)c1ccc(OC)cc1[N+](=O)[O-]. The normalized spacial score (nSPS) is 22.7. The number of morpholine rings is 1. The highest BCUT2D eigenvalue weighted by molar-refractivity contribution is 7.89. The van der Waals surface area contributed by atoms with E-state index >= 15 is 0 Å². The zero-order chi connectivity index (χ0) is 17.3. The number of benzene rings is 1. The second-order valence-electron chi connectivity index (χ2n) is 5.57. The van der Waals surface area contributed by atoms with Crippen molar-refractivity contribution in [2.75, 3.05) is 26.9 Å². The van der Waals surface area contributed by atoms with Crippen LogP contribution in [-0.2, 0) is 14.8 Å². The molecule has 1 saturated heterocycles. The zero-order valence-corrected chi connectivity index (χ0v) is 14.1. The van der Waals surface area contributed by atoms with E-state index in [-0.39, 0.29) is 30.4 Å². The lowest BCUT2D eigenvalue weighted by molar-refractivity contribution is -0.388. The number of hydrogen-bond donors (Lipinski definition) is 0. The molecule has 0 saturated carbocycles. The van der Waals surface area contributed by atoms with Crippen LogP contribution < -0.4 is 4.74 Å². The molecule has 1 heterocycles. The van der Waals surface area contributed by atoms with Gasteiger partial charge in [-0.3, -0.25) is 10.1 Å². The van der Waals surface area contributed by atoms with Crippen LogP contribution in [0.25, 0.3) is 0 Å². The molecule has 9 heteroatoms. The zero-order valence-electron chi connectivity index (χ0n) is 13.3. The van der Waals surface area contributed by atoms with Gasteiger partial charge >= 0.3 is 0 Å². The molecule has 0 aliphatic carbocycles. The van der Waals surface area contributed by atoms with Gasteiger partial charge in [0, 0.05) is 6.54 Å². The highest BCUT2D eigenvalue weighted by Crippen LogP contribution is 2.35. The molecule has 0 radical (unpaired) electrons. The maximum atomic E-state index is 13.0. The number of methoxy groups -OCH3 is 1. The number of sulfonamides is 1. The molecule has 1 atom stereocenters. The fourth-order valence-electron chi connectivity index (χ4n) is 2.57. The largest absolute Gasteiger partial charge is 0.497 e. The molecule has 0 aromatic heterocycles. The van der Waals surface area contributed by atoms with Gasteiger partial charge < -0.3 is 9.47 Å². The van der Waals surface area contributed by atoms with Crippen LogP contribution in [-0.4, -0.2) is 50.1 Å². The summed E-state index contributed by atoms with van der Waals surface area (Å²) in [7, 11) is -2.66. The fraction of sp³-hybridized carbons (Fsp3) is 0.571. The highest BCUT2D eigenvalue weighted by Gasteiger charge is 2.44. The predicted octanol–water partition coefficient (Wildman–Crippen LogP) is 1.79. The van der Waals surface area contributed by atoms with Crippen molar-refractivity contribution in [3.8, 4) is 5.75 Å². The van der Waals surface area contributed by atoms with Crippen molar-refractivity contribution in [2.24, 2.45) is 0 Å². The monoisotopic (exact) mass is 344 g/mol. The van der Waals surface area contributed by atoms with E-state index in [2.05, 4.69) is 0 Å². The van der Waals surface area contributed by atoms with Gasteiger partial charge in [0.15, 0.2) is 4.90 Å². The molecule has 1 aliphatic heterocycles. The molecule has 0 spiro atoms. The molecule has 1 aromatic rings. The summed E-state index contributed by atoms with van der Waals surface area (Å²) in [4.78, 5) is 10.3. The van der Waals surface area contributed by atoms with E-state index in [9.17, 15) is 18.5 Å². The Hall–Kier alpha value is -1.71. The summed E-state index contributed by atoms with van der Waals surface area (Å²) < 4.78 is 37.7. The van der Waals surface area contributed by atoms with Crippen LogP contribution in [0.15, 0.2) is 23.1 Å². The van der Waals surface area contributed by atoms with Gasteiger partial charge in [-0.15, -0.1) is 0 Å². The molecule has 1 unspecified atom stereocenters. The average molecular weight is 344 g/mol. The average Bonchev–Trinajstić information content (AvgIpc) is 2.54. The molecule has 2 rings (SSSR count). The Labute approximate surface area is 135 Å². The number of rotatable bonds is 5. The Bertz CT molecular complexity index is 705. The Morgan fingerprint density at radius 2 is 2.17 bits per heavy atom. The number of hydrogen-bond acceptors (Lipinski definition) is 6. The lowest BCUT2D eigenvalue weighted by Gasteiger charge is -2.42. The topological polar surface area (TPSA) is 99.0 Å². The van der Waals surface area contributed by atoms with E-state index in [0.29, 0.717) is 6.42 Å². The van der Waals surface area contributed by atoms with Gasteiger partial charge in [-0.25, -0.2) is 8.42 Å². The molecular weight excluding hydrogens is 324 g/mol. The summed E-state index contributed by atoms with van der Waals surface area (Å²) >= 11 is 0. The van der Waals surface area contributed by atoms with Crippen LogP contribution in [0, 0.1) is 10.1 Å². The Morgan fingerprint density at radius 1 is 1.48 bits per heavy atom. The molecule has 0 bridgehead atoms.